The third-order valence-electron chi connectivity index (χ3n) is 3.95. The second-order valence-corrected chi connectivity index (χ2v) is 6.73. The number of hydrogen-bond donors (Lipinski definition) is 1. The van der Waals surface area contributed by atoms with Gasteiger partial charge in [0.05, 0.1) is 38.7 Å². The largest absolute Gasteiger partial charge is 0.393 e. The van der Waals surface area contributed by atoms with Crippen LogP contribution in [0.2, 0.25) is 0 Å². The van der Waals surface area contributed by atoms with E-state index in [1.807, 2.05) is 6.07 Å². The minimum Gasteiger partial charge on any atom is -0.393 e. The summed E-state index contributed by atoms with van der Waals surface area (Å²) in [5.41, 5.74) is 8.90. The van der Waals surface area contributed by atoms with Crippen LogP contribution in [0.5, 0.6) is 0 Å². The fraction of sp³-hybridized carbons (Fsp3) is 0.333. The normalized spacial score (nSPS) is 9.43. The molecule has 0 spiro atoms. The second-order valence-electron chi connectivity index (χ2n) is 6.21. The Morgan fingerprint density at radius 2 is 1.43 bits per heavy atom. The van der Waals surface area contributed by atoms with Gasteiger partial charge in [0, 0.05) is 18.6 Å². The zero-order valence-corrected chi connectivity index (χ0v) is 18.5. The highest BCUT2D eigenvalue weighted by atomic mass is 35.5. The summed E-state index contributed by atoms with van der Waals surface area (Å²) in [6.07, 6.45) is 0.560. The third-order valence-corrected chi connectivity index (χ3v) is 4.09. The molecule has 0 amide bonds. The van der Waals surface area contributed by atoms with Gasteiger partial charge in [-0.2, -0.15) is 5.26 Å². The van der Waals surface area contributed by atoms with Crippen LogP contribution in [0, 0.1) is 59.3 Å². The van der Waals surface area contributed by atoms with Crippen LogP contribution in [0.15, 0.2) is 12.1 Å². The lowest BCUT2D eigenvalue weighted by Crippen LogP contribution is -2.14. The Balaban J connectivity index is 0.000000544. The van der Waals surface area contributed by atoms with E-state index in [0.717, 1.165) is 5.56 Å². The van der Waals surface area contributed by atoms with E-state index in [9.17, 15) is 20.2 Å². The molecule has 30 heavy (non-hydrogen) atoms. The first-order chi connectivity index (χ1) is 13.5. The molecule has 0 aliphatic heterocycles. The van der Waals surface area contributed by atoms with Crippen molar-refractivity contribution in [1.82, 2.24) is 9.97 Å². The van der Waals surface area contributed by atoms with E-state index in [2.05, 4.69) is 9.97 Å². The highest BCUT2D eigenvalue weighted by Crippen LogP contribution is 2.20. The zero-order valence-electron chi connectivity index (χ0n) is 16.8. The van der Waals surface area contributed by atoms with Crippen molar-refractivity contribution in [2.75, 3.05) is 0 Å². The van der Waals surface area contributed by atoms with E-state index in [1.165, 1.54) is 12.1 Å². The van der Waals surface area contributed by atoms with Crippen LogP contribution < -0.4 is 5.73 Å². The van der Waals surface area contributed by atoms with Crippen molar-refractivity contribution in [1.29, 1.82) is 5.26 Å². The van der Waals surface area contributed by atoms with E-state index in [0.29, 0.717) is 39.7 Å². The maximum Gasteiger partial charge on any atom is 0.290 e. The number of nitrogens with zero attached hydrogens (tertiary/aromatic N) is 5. The highest BCUT2D eigenvalue weighted by Gasteiger charge is 2.15. The van der Waals surface area contributed by atoms with Crippen molar-refractivity contribution in [3.05, 3.63) is 66.3 Å². The average Bonchev–Trinajstić information content (AvgIpc) is 2.60. The number of hydrogen-bond acceptors (Lipinski definition) is 8. The molecular weight excluding hydrogens is 432 g/mol. The van der Waals surface area contributed by atoms with Crippen molar-refractivity contribution in [3.63, 3.8) is 0 Å². The minimum absolute atomic E-state index is 0. The molecule has 0 fully saturated rings. The van der Waals surface area contributed by atoms with Crippen LogP contribution >= 0.6 is 24.6 Å². The van der Waals surface area contributed by atoms with Crippen LogP contribution in [0.25, 0.3) is 0 Å². The summed E-state index contributed by atoms with van der Waals surface area (Å²) in [7, 11) is 0. The molecule has 10 nitrogen and oxygen atoms in total. The van der Waals surface area contributed by atoms with E-state index < -0.39 is 9.85 Å². The Morgan fingerprint density at radius 1 is 1.03 bits per heavy atom. The predicted octanol–water partition coefficient (Wildman–Crippen LogP) is 3.53. The van der Waals surface area contributed by atoms with Crippen molar-refractivity contribution >= 4 is 41.0 Å². The Morgan fingerprint density at radius 3 is 1.80 bits per heavy atom. The summed E-state index contributed by atoms with van der Waals surface area (Å²) >= 11 is 4.77. The molecule has 0 bridgehead atoms. The summed E-state index contributed by atoms with van der Waals surface area (Å²) in [5.74, 6) is 0. The Bertz CT molecular complexity index is 1020. The molecule has 0 saturated carbocycles. The van der Waals surface area contributed by atoms with Crippen LogP contribution in [-0.2, 0) is 12.8 Å². The maximum atomic E-state index is 10.6. The summed E-state index contributed by atoms with van der Waals surface area (Å²) in [6.45, 7) is 6.64. The molecule has 0 aliphatic carbocycles. The van der Waals surface area contributed by atoms with Crippen molar-refractivity contribution < 1.29 is 9.85 Å². The molecule has 2 rings (SSSR count). The summed E-state index contributed by atoms with van der Waals surface area (Å²) < 4.78 is 0. The van der Waals surface area contributed by atoms with Crippen LogP contribution in [0.1, 0.15) is 33.9 Å². The molecule has 12 heteroatoms. The van der Waals surface area contributed by atoms with Gasteiger partial charge in [0.1, 0.15) is 11.4 Å². The van der Waals surface area contributed by atoms with Gasteiger partial charge in [-0.15, -0.1) is 12.4 Å². The van der Waals surface area contributed by atoms with Crippen LogP contribution in [0.4, 0.5) is 11.4 Å². The van der Waals surface area contributed by atoms with Crippen molar-refractivity contribution in [3.8, 4) is 6.07 Å². The number of halogens is 1. The fourth-order valence-corrected chi connectivity index (χ4v) is 2.59. The number of pyridine rings is 2. The molecule has 0 saturated heterocycles. The zero-order chi connectivity index (χ0) is 22.3. The monoisotopic (exact) mass is 452 g/mol. The molecule has 0 atom stereocenters. The van der Waals surface area contributed by atoms with E-state index in [-0.39, 0.29) is 30.2 Å². The van der Waals surface area contributed by atoms with Crippen molar-refractivity contribution in [2.45, 2.75) is 40.5 Å². The lowest BCUT2D eigenvalue weighted by atomic mass is 10.1. The van der Waals surface area contributed by atoms with Crippen LogP contribution in [0.3, 0.4) is 0 Å². The lowest BCUT2D eigenvalue weighted by Gasteiger charge is -2.05. The standard InChI is InChI=1S/C9H11N3O2S.C9H9N3O2.ClH/c1-5-3-8(12(13)14)6(2)11-7(5)4-9(10)15;1-6-5-9(12(13)14)7(2)11-8(6)3-4-10;/h3H,4H2,1-2H3,(H2,10,15);5H,3H2,1-2H3;1H. The van der Waals surface area contributed by atoms with Gasteiger partial charge >= 0.3 is 0 Å². The topological polar surface area (TPSA) is 162 Å². The van der Waals surface area contributed by atoms with Gasteiger partial charge in [-0.3, -0.25) is 25.2 Å². The van der Waals surface area contributed by atoms with E-state index in [1.54, 1.807) is 27.7 Å². The predicted molar refractivity (Wildman–Crippen MR) is 118 cm³/mol. The first-order valence-corrected chi connectivity index (χ1v) is 8.77. The number of aromatic nitrogens is 2. The lowest BCUT2D eigenvalue weighted by molar-refractivity contribution is -0.385. The molecule has 0 aromatic carbocycles. The number of thiocarbonyl (C=S) groups is 1. The second kappa shape index (κ2) is 11.7. The van der Waals surface area contributed by atoms with Crippen molar-refractivity contribution in [2.24, 2.45) is 5.73 Å². The third kappa shape index (κ3) is 7.31. The molecule has 2 aromatic heterocycles. The molecule has 0 aliphatic rings. The van der Waals surface area contributed by atoms with Gasteiger partial charge in [-0.25, -0.2) is 4.98 Å². The minimum atomic E-state index is -0.467. The Labute approximate surface area is 184 Å². The summed E-state index contributed by atoms with van der Waals surface area (Å²) in [4.78, 5) is 28.7. The van der Waals surface area contributed by atoms with Gasteiger partial charge in [-0.1, -0.05) is 12.2 Å². The number of nitro groups is 2. The Hall–Kier alpha value is -3.23. The number of nitriles is 1. The summed E-state index contributed by atoms with van der Waals surface area (Å²) in [5, 5.41) is 29.7. The molecular formula is C18H21ClN6O4S. The first-order valence-electron chi connectivity index (χ1n) is 8.36. The van der Waals surface area contributed by atoms with E-state index >= 15 is 0 Å². The number of nitrogens with two attached hydrogens (primary N) is 1. The van der Waals surface area contributed by atoms with Gasteiger partial charge in [0.2, 0.25) is 0 Å². The van der Waals surface area contributed by atoms with Gasteiger partial charge in [-0.05, 0) is 38.8 Å². The molecule has 160 valence electrons. The molecule has 2 heterocycles. The van der Waals surface area contributed by atoms with Gasteiger partial charge < -0.3 is 5.73 Å². The molecule has 0 radical (unpaired) electrons. The van der Waals surface area contributed by atoms with Gasteiger partial charge in [0.15, 0.2) is 0 Å². The SMILES string of the molecule is Cc1cc([N+](=O)[O-])c(C)nc1CC#N.Cc1cc([N+](=O)[O-])c(C)nc1CC(N)=S.Cl. The molecule has 0 unspecified atom stereocenters. The van der Waals surface area contributed by atoms with E-state index in [4.69, 9.17) is 23.2 Å². The maximum absolute atomic E-state index is 10.6. The van der Waals surface area contributed by atoms with Crippen LogP contribution in [-0.4, -0.2) is 24.8 Å². The quantitative estimate of drug-likeness (QED) is 0.406. The highest BCUT2D eigenvalue weighted by molar-refractivity contribution is 7.80. The number of aryl methyl sites for hydroxylation is 4. The number of rotatable bonds is 5. The first kappa shape index (κ1) is 26.8. The van der Waals surface area contributed by atoms with Gasteiger partial charge in [0.25, 0.3) is 11.4 Å². The molecule has 2 N–H and O–H groups in total. The summed E-state index contributed by atoms with van der Waals surface area (Å²) in [6, 6.07) is 4.92. The molecule has 2 aromatic rings. The average molecular weight is 453 g/mol. The smallest absolute Gasteiger partial charge is 0.290 e. The Kier molecular flexibility index (Phi) is 10.4. The fourth-order valence-electron chi connectivity index (χ4n) is 2.45.